The molecule has 0 heterocycles. The number of alkyl halides is 5. The smallest absolute Gasteiger partial charge is 0.196 e. The molecule has 13 heavy (non-hydrogen) atoms. The molecule has 0 amide bonds. The van der Waals surface area contributed by atoms with Crippen LogP contribution in [0.15, 0.2) is 24.8 Å². The Hall–Kier alpha value is -0.870. The summed E-state index contributed by atoms with van der Waals surface area (Å²) in [6.07, 6.45) is -6.00. The van der Waals surface area contributed by atoms with E-state index in [4.69, 9.17) is 0 Å². The van der Waals surface area contributed by atoms with Gasteiger partial charge in [-0.3, -0.25) is 0 Å². The normalized spacial score (nSPS) is 12.7. The van der Waals surface area contributed by atoms with Crippen LogP contribution >= 0.6 is 0 Å². The Balaban J connectivity index is 4.19. The van der Waals surface area contributed by atoms with Gasteiger partial charge in [-0.2, -0.15) is 22.0 Å². The number of hydrogen-bond donors (Lipinski definition) is 0. The molecule has 0 spiro atoms. The molecule has 0 aliphatic carbocycles. The Kier molecular flexibility index (Phi) is 3.63. The number of rotatable bonds is 4. The Labute approximate surface area is 72.7 Å². The first-order chi connectivity index (χ1) is 5.70. The molecular weight excluding hydrogens is 191 g/mol. The molecule has 76 valence electrons. The van der Waals surface area contributed by atoms with Gasteiger partial charge in [0.2, 0.25) is 0 Å². The lowest BCUT2D eigenvalue weighted by Crippen LogP contribution is -2.36. The van der Waals surface area contributed by atoms with Gasteiger partial charge >= 0.3 is 12.1 Å². The second-order valence-electron chi connectivity index (χ2n) is 2.56. The summed E-state index contributed by atoms with van der Waals surface area (Å²) in [5, 5.41) is 0. The van der Waals surface area contributed by atoms with Crippen molar-refractivity contribution in [2.24, 2.45) is 0 Å². The van der Waals surface area contributed by atoms with Gasteiger partial charge in [-0.25, -0.2) is 0 Å². The van der Waals surface area contributed by atoms with Gasteiger partial charge < -0.3 is 0 Å². The number of hydrogen-bond acceptors (Lipinski definition) is 0. The van der Waals surface area contributed by atoms with Crippen LogP contribution in [-0.2, 0) is 0 Å². The third-order valence-electron chi connectivity index (χ3n) is 1.46. The van der Waals surface area contributed by atoms with E-state index in [2.05, 4.69) is 13.2 Å². The van der Waals surface area contributed by atoms with Crippen LogP contribution in [0.25, 0.3) is 0 Å². The summed E-state index contributed by atoms with van der Waals surface area (Å²) >= 11 is 0. The van der Waals surface area contributed by atoms with Crippen LogP contribution in [0.3, 0.4) is 0 Å². The molecule has 0 unspecified atom stereocenters. The van der Waals surface area contributed by atoms with E-state index in [0.717, 1.165) is 6.08 Å². The van der Waals surface area contributed by atoms with Crippen molar-refractivity contribution in [2.45, 2.75) is 24.9 Å². The average Bonchev–Trinajstić information content (AvgIpc) is 1.98. The van der Waals surface area contributed by atoms with Gasteiger partial charge in [0.1, 0.15) is 0 Å². The van der Waals surface area contributed by atoms with Crippen molar-refractivity contribution in [1.29, 1.82) is 0 Å². The quantitative estimate of drug-likeness (QED) is 0.479. The molecule has 0 rings (SSSR count). The summed E-state index contributed by atoms with van der Waals surface area (Å²) in [5.41, 5.74) is 0.170. The lowest BCUT2D eigenvalue weighted by molar-refractivity contribution is -0.284. The molecule has 0 aliphatic rings. The van der Waals surface area contributed by atoms with Gasteiger partial charge in [0.15, 0.2) is 0 Å². The first-order valence-corrected chi connectivity index (χ1v) is 3.45. The Morgan fingerprint density at radius 2 is 1.62 bits per heavy atom. The van der Waals surface area contributed by atoms with Crippen LogP contribution in [0.5, 0.6) is 0 Å². The van der Waals surface area contributed by atoms with Gasteiger partial charge in [0.05, 0.1) is 0 Å². The fourth-order valence-corrected chi connectivity index (χ4v) is 0.561. The van der Waals surface area contributed by atoms with Crippen molar-refractivity contribution in [3.63, 3.8) is 0 Å². The maximum atomic E-state index is 12.2. The number of allylic oxidation sites excluding steroid dienone is 2. The van der Waals surface area contributed by atoms with Crippen molar-refractivity contribution >= 4 is 0 Å². The predicted octanol–water partition coefficient (Wildman–Crippen LogP) is 3.71. The number of halogens is 5. The van der Waals surface area contributed by atoms with Gasteiger partial charge in [-0.05, 0) is 6.42 Å². The molecule has 5 heteroatoms. The van der Waals surface area contributed by atoms with E-state index in [1.165, 1.54) is 0 Å². The topological polar surface area (TPSA) is 0 Å². The zero-order valence-electron chi connectivity index (χ0n) is 6.80. The minimum Gasteiger partial charge on any atom is -0.196 e. The summed E-state index contributed by atoms with van der Waals surface area (Å²) in [6.45, 7) is 6.44. The van der Waals surface area contributed by atoms with Crippen LogP contribution in [0.2, 0.25) is 0 Å². The van der Waals surface area contributed by atoms with E-state index in [0.29, 0.717) is 0 Å². The fourth-order valence-electron chi connectivity index (χ4n) is 0.561. The van der Waals surface area contributed by atoms with E-state index in [9.17, 15) is 22.0 Å². The van der Waals surface area contributed by atoms with Crippen LogP contribution in [0.4, 0.5) is 22.0 Å². The van der Waals surface area contributed by atoms with Crippen molar-refractivity contribution in [3.05, 3.63) is 24.8 Å². The molecule has 0 nitrogen and oxygen atoms in total. The summed E-state index contributed by atoms with van der Waals surface area (Å²) in [5.74, 6) is -4.64. The van der Waals surface area contributed by atoms with Gasteiger partial charge in [-0.1, -0.05) is 24.8 Å². The molecule has 0 fully saturated rings. The van der Waals surface area contributed by atoms with Crippen molar-refractivity contribution in [3.8, 4) is 0 Å². The third-order valence-corrected chi connectivity index (χ3v) is 1.46. The molecule has 0 saturated carbocycles. The largest absolute Gasteiger partial charge is 0.453 e. The summed E-state index contributed by atoms with van der Waals surface area (Å²) in [4.78, 5) is 0. The maximum Gasteiger partial charge on any atom is 0.453 e. The summed E-state index contributed by atoms with van der Waals surface area (Å²) < 4.78 is 59.2. The van der Waals surface area contributed by atoms with E-state index in [1.54, 1.807) is 0 Å². The lowest BCUT2D eigenvalue weighted by Gasteiger charge is -2.19. The molecule has 0 atom stereocenters. The molecule has 0 aromatic rings. The highest BCUT2D eigenvalue weighted by atomic mass is 19.4. The van der Waals surface area contributed by atoms with Crippen molar-refractivity contribution < 1.29 is 22.0 Å². The Bertz CT molecular complexity index is 201. The molecule has 0 aromatic heterocycles. The molecule has 0 radical (unpaired) electrons. The molecule has 0 aliphatic heterocycles. The van der Waals surface area contributed by atoms with Crippen LogP contribution < -0.4 is 0 Å². The minimum absolute atomic E-state index is 0.170. The molecule has 0 N–H and O–H groups in total. The monoisotopic (exact) mass is 200 g/mol. The summed E-state index contributed by atoms with van der Waals surface area (Å²) in [6, 6.07) is 0. The predicted molar refractivity (Wildman–Crippen MR) is 39.6 cm³/mol. The highest BCUT2D eigenvalue weighted by molar-refractivity contribution is 5.11. The second-order valence-corrected chi connectivity index (χ2v) is 2.56. The molecule has 0 saturated heterocycles. The first kappa shape index (κ1) is 12.1. The maximum absolute atomic E-state index is 12.2. The van der Waals surface area contributed by atoms with E-state index in [1.807, 2.05) is 0 Å². The standard InChI is InChI=1S/C8H9F5/c1-3-6(2)4-5-7(9,10)8(11,12)13/h3H,1-2,4-5H2. The molecule has 0 bridgehead atoms. The first-order valence-electron chi connectivity index (χ1n) is 3.45. The SMILES string of the molecule is C=CC(=C)CCC(F)(F)C(F)(F)F. The van der Waals surface area contributed by atoms with E-state index >= 15 is 0 Å². The minimum atomic E-state index is -5.48. The Morgan fingerprint density at radius 3 is 1.92 bits per heavy atom. The van der Waals surface area contributed by atoms with Crippen molar-refractivity contribution in [2.75, 3.05) is 0 Å². The summed E-state index contributed by atoms with van der Waals surface area (Å²) in [7, 11) is 0. The van der Waals surface area contributed by atoms with E-state index in [-0.39, 0.29) is 5.57 Å². The van der Waals surface area contributed by atoms with Crippen molar-refractivity contribution in [1.82, 2.24) is 0 Å². The van der Waals surface area contributed by atoms with Gasteiger partial charge in [0.25, 0.3) is 0 Å². The van der Waals surface area contributed by atoms with Crippen LogP contribution in [0, 0.1) is 0 Å². The zero-order chi connectivity index (χ0) is 10.7. The van der Waals surface area contributed by atoms with Gasteiger partial charge in [-0.15, -0.1) is 0 Å². The molecular formula is C8H9F5. The fraction of sp³-hybridized carbons (Fsp3) is 0.500. The van der Waals surface area contributed by atoms with Crippen LogP contribution in [-0.4, -0.2) is 12.1 Å². The van der Waals surface area contributed by atoms with E-state index < -0.39 is 24.9 Å². The lowest BCUT2D eigenvalue weighted by atomic mass is 10.1. The third kappa shape index (κ3) is 3.57. The van der Waals surface area contributed by atoms with Crippen LogP contribution in [0.1, 0.15) is 12.8 Å². The molecule has 0 aromatic carbocycles. The second kappa shape index (κ2) is 3.89. The zero-order valence-corrected chi connectivity index (χ0v) is 6.80. The highest BCUT2D eigenvalue weighted by Crippen LogP contribution is 2.39. The Morgan fingerprint density at radius 1 is 1.15 bits per heavy atom. The van der Waals surface area contributed by atoms with Gasteiger partial charge in [0, 0.05) is 6.42 Å². The highest BCUT2D eigenvalue weighted by Gasteiger charge is 2.56. The average molecular weight is 200 g/mol.